The molecule has 1 aliphatic rings. The van der Waals surface area contributed by atoms with Gasteiger partial charge in [-0.3, -0.25) is 14.2 Å². The number of Topliss-reactive ketones (excluding diaryl/α,β-unsaturated/α-hetero) is 1. The second kappa shape index (κ2) is 7.95. The van der Waals surface area contributed by atoms with Gasteiger partial charge in [0.2, 0.25) is 0 Å². The molecule has 4 rings (SSSR count). The van der Waals surface area contributed by atoms with Crippen molar-refractivity contribution in [3.8, 4) is 0 Å². The summed E-state index contributed by atoms with van der Waals surface area (Å²) in [7, 11) is 0. The van der Waals surface area contributed by atoms with Crippen molar-refractivity contribution in [2.75, 3.05) is 5.75 Å². The van der Waals surface area contributed by atoms with Crippen molar-refractivity contribution < 1.29 is 4.79 Å². The number of nitrogens with one attached hydrogen (secondary N) is 1. The van der Waals surface area contributed by atoms with E-state index >= 15 is 0 Å². The molecule has 146 valence electrons. The molecule has 0 spiro atoms. The molecule has 0 bridgehead atoms. The van der Waals surface area contributed by atoms with E-state index in [1.54, 1.807) is 12.3 Å². The monoisotopic (exact) mass is 395 g/mol. The molecule has 0 amide bonds. The van der Waals surface area contributed by atoms with E-state index in [0.717, 1.165) is 12.8 Å². The van der Waals surface area contributed by atoms with Crippen LogP contribution in [0.3, 0.4) is 0 Å². The van der Waals surface area contributed by atoms with Crippen LogP contribution in [0.2, 0.25) is 0 Å². The lowest BCUT2D eigenvalue weighted by Gasteiger charge is -2.36. The van der Waals surface area contributed by atoms with Crippen LogP contribution in [-0.2, 0) is 0 Å². The average Bonchev–Trinajstić information content (AvgIpc) is 3.24. The van der Waals surface area contributed by atoms with Gasteiger partial charge in [-0.15, -0.1) is 0 Å². The number of hydrogen-bond donors (Lipinski definition) is 1. The molecule has 28 heavy (non-hydrogen) atoms. The number of carbonyl (C=O) groups is 1. The molecule has 3 atom stereocenters. The van der Waals surface area contributed by atoms with Crippen LogP contribution < -0.4 is 5.56 Å². The Morgan fingerprint density at radius 3 is 2.82 bits per heavy atom. The third-order valence-corrected chi connectivity index (χ3v) is 6.95. The molecule has 1 N–H and O–H groups in total. The molecule has 1 fully saturated rings. The zero-order chi connectivity index (χ0) is 19.7. The van der Waals surface area contributed by atoms with Crippen LogP contribution >= 0.6 is 11.8 Å². The smallest absolute Gasteiger partial charge is 0.262 e. The molecule has 1 aromatic carbocycles. The highest BCUT2D eigenvalue weighted by molar-refractivity contribution is 7.99. The SMILES string of the molecule is C[C@@H]1[C@H](C)CCC[C@@H]1n1c(SCC(=O)c2ccc[nH]2)nc2ccccc2c1=O. The second-order valence-electron chi connectivity index (χ2n) is 7.72. The van der Waals surface area contributed by atoms with Crippen LogP contribution in [0.1, 0.15) is 49.6 Å². The Balaban J connectivity index is 1.75. The van der Waals surface area contributed by atoms with Crippen molar-refractivity contribution in [3.05, 3.63) is 58.6 Å². The Morgan fingerprint density at radius 1 is 1.21 bits per heavy atom. The minimum absolute atomic E-state index is 0.00590. The summed E-state index contributed by atoms with van der Waals surface area (Å²) in [4.78, 5) is 33.6. The molecule has 2 heterocycles. The van der Waals surface area contributed by atoms with E-state index in [-0.39, 0.29) is 23.1 Å². The Bertz CT molecular complexity index is 1040. The van der Waals surface area contributed by atoms with E-state index < -0.39 is 0 Å². The molecule has 0 aliphatic heterocycles. The van der Waals surface area contributed by atoms with Gasteiger partial charge in [-0.1, -0.05) is 50.6 Å². The first-order chi connectivity index (χ1) is 13.6. The summed E-state index contributed by atoms with van der Waals surface area (Å²) in [5.41, 5.74) is 1.28. The fraction of sp³-hybridized carbons (Fsp3) is 0.409. The number of fused-ring (bicyclic) bond motifs is 1. The number of aromatic nitrogens is 3. The third-order valence-electron chi connectivity index (χ3n) is 6.00. The molecule has 0 unspecified atom stereocenters. The van der Waals surface area contributed by atoms with Crippen LogP contribution in [0.4, 0.5) is 0 Å². The summed E-state index contributed by atoms with van der Waals surface area (Å²) in [6.45, 7) is 4.49. The van der Waals surface area contributed by atoms with E-state index in [2.05, 4.69) is 18.8 Å². The molecule has 1 aliphatic carbocycles. The molecule has 3 aromatic rings. The van der Waals surface area contributed by atoms with Gasteiger partial charge < -0.3 is 4.98 Å². The Kier molecular flexibility index (Phi) is 5.40. The van der Waals surface area contributed by atoms with Gasteiger partial charge in [0.1, 0.15) is 0 Å². The minimum atomic E-state index is 0.00590. The van der Waals surface area contributed by atoms with Gasteiger partial charge in [-0.25, -0.2) is 4.98 Å². The van der Waals surface area contributed by atoms with E-state index in [9.17, 15) is 9.59 Å². The first-order valence-corrected chi connectivity index (χ1v) is 10.9. The van der Waals surface area contributed by atoms with Crippen molar-refractivity contribution >= 4 is 28.4 Å². The van der Waals surface area contributed by atoms with Gasteiger partial charge in [0.15, 0.2) is 10.9 Å². The molecule has 0 saturated heterocycles. The molecule has 0 radical (unpaired) electrons. The number of thioether (sulfide) groups is 1. The first kappa shape index (κ1) is 19.0. The van der Waals surface area contributed by atoms with Gasteiger partial charge in [0.05, 0.1) is 22.3 Å². The normalized spacial score (nSPS) is 22.4. The Morgan fingerprint density at radius 2 is 2.04 bits per heavy atom. The summed E-state index contributed by atoms with van der Waals surface area (Å²) in [5, 5.41) is 1.29. The predicted molar refractivity (Wildman–Crippen MR) is 113 cm³/mol. The lowest BCUT2D eigenvalue weighted by Crippen LogP contribution is -2.35. The van der Waals surface area contributed by atoms with E-state index in [0.29, 0.717) is 33.6 Å². The third kappa shape index (κ3) is 3.53. The van der Waals surface area contributed by atoms with Crippen LogP contribution in [0.5, 0.6) is 0 Å². The summed E-state index contributed by atoms with van der Waals surface area (Å²) in [5.74, 6) is 1.22. The molecule has 2 aromatic heterocycles. The van der Waals surface area contributed by atoms with Crippen molar-refractivity contribution in [2.45, 2.75) is 44.3 Å². The summed E-state index contributed by atoms with van der Waals surface area (Å²) in [6.07, 6.45) is 5.03. The molecular formula is C22H25N3O2S. The molecule has 5 nitrogen and oxygen atoms in total. The number of ketones is 1. The van der Waals surface area contributed by atoms with Crippen LogP contribution in [0.15, 0.2) is 52.5 Å². The van der Waals surface area contributed by atoms with Gasteiger partial charge >= 0.3 is 0 Å². The standard InChI is InChI=1S/C22H25N3O2S/c1-14-7-5-11-19(15(14)2)25-21(27)16-8-3-4-9-17(16)24-22(25)28-13-20(26)18-10-6-12-23-18/h3-4,6,8-10,12,14-15,19,23H,5,7,11,13H2,1-2H3/t14-,15-,19+/m1/s1. The van der Waals surface area contributed by atoms with E-state index in [4.69, 9.17) is 4.98 Å². The first-order valence-electron chi connectivity index (χ1n) is 9.87. The Hall–Kier alpha value is -2.34. The second-order valence-corrected chi connectivity index (χ2v) is 8.66. The summed E-state index contributed by atoms with van der Waals surface area (Å²) in [6, 6.07) is 11.2. The number of H-pyrrole nitrogens is 1. The number of para-hydroxylation sites is 1. The predicted octanol–water partition coefficient (Wildman–Crippen LogP) is 4.70. The maximum atomic E-state index is 13.4. The zero-order valence-electron chi connectivity index (χ0n) is 16.2. The molecule has 1 saturated carbocycles. The quantitative estimate of drug-likeness (QED) is 0.386. The summed E-state index contributed by atoms with van der Waals surface area (Å²) < 4.78 is 1.87. The number of benzene rings is 1. The largest absolute Gasteiger partial charge is 0.359 e. The molecular weight excluding hydrogens is 370 g/mol. The number of carbonyl (C=O) groups excluding carboxylic acids is 1. The maximum Gasteiger partial charge on any atom is 0.262 e. The van der Waals surface area contributed by atoms with Crippen molar-refractivity contribution in [3.63, 3.8) is 0 Å². The van der Waals surface area contributed by atoms with Gasteiger partial charge in [-0.05, 0) is 42.5 Å². The number of nitrogens with zero attached hydrogens (tertiary/aromatic N) is 2. The van der Waals surface area contributed by atoms with Crippen molar-refractivity contribution in [1.82, 2.24) is 14.5 Å². The number of rotatable bonds is 5. The minimum Gasteiger partial charge on any atom is -0.359 e. The maximum absolute atomic E-state index is 13.4. The topological polar surface area (TPSA) is 67.8 Å². The molecule has 6 heteroatoms. The summed E-state index contributed by atoms with van der Waals surface area (Å²) >= 11 is 1.36. The highest BCUT2D eigenvalue weighted by Crippen LogP contribution is 2.38. The van der Waals surface area contributed by atoms with Gasteiger partial charge in [-0.2, -0.15) is 0 Å². The highest BCUT2D eigenvalue weighted by Gasteiger charge is 2.31. The van der Waals surface area contributed by atoms with Crippen LogP contribution in [-0.4, -0.2) is 26.1 Å². The van der Waals surface area contributed by atoms with Crippen LogP contribution in [0, 0.1) is 11.8 Å². The van der Waals surface area contributed by atoms with E-state index in [1.807, 2.05) is 34.9 Å². The van der Waals surface area contributed by atoms with E-state index in [1.165, 1.54) is 18.2 Å². The van der Waals surface area contributed by atoms with Gasteiger partial charge in [0, 0.05) is 12.2 Å². The van der Waals surface area contributed by atoms with Crippen molar-refractivity contribution in [1.29, 1.82) is 0 Å². The fourth-order valence-corrected chi connectivity index (χ4v) is 5.09. The van der Waals surface area contributed by atoms with Crippen LogP contribution in [0.25, 0.3) is 10.9 Å². The fourth-order valence-electron chi connectivity index (χ4n) is 4.15. The zero-order valence-corrected chi connectivity index (χ0v) is 17.0. The van der Waals surface area contributed by atoms with Crippen molar-refractivity contribution in [2.24, 2.45) is 11.8 Å². The Labute approximate surface area is 168 Å². The highest BCUT2D eigenvalue weighted by atomic mass is 32.2. The number of aromatic amines is 1. The lowest BCUT2D eigenvalue weighted by atomic mass is 9.78. The number of hydrogen-bond acceptors (Lipinski definition) is 4. The average molecular weight is 396 g/mol. The lowest BCUT2D eigenvalue weighted by molar-refractivity contribution is 0.101. The van der Waals surface area contributed by atoms with Gasteiger partial charge in [0.25, 0.3) is 5.56 Å².